The number of thiophene rings is 1. The summed E-state index contributed by atoms with van der Waals surface area (Å²) in [4.78, 5) is 13.2. The maximum absolute atomic E-state index is 4.63. The zero-order valence-electron chi connectivity index (χ0n) is 15.2. The van der Waals surface area contributed by atoms with Gasteiger partial charge in [0.05, 0.1) is 21.2 Å². The molecule has 0 radical (unpaired) electrons. The summed E-state index contributed by atoms with van der Waals surface area (Å²) in [5, 5.41) is 8.10. The van der Waals surface area contributed by atoms with Gasteiger partial charge in [0.25, 0.3) is 0 Å². The van der Waals surface area contributed by atoms with E-state index in [0.717, 1.165) is 27.8 Å². The second-order valence-corrected chi connectivity index (χ2v) is 8.57. The number of pyridine rings is 2. The summed E-state index contributed by atoms with van der Waals surface area (Å²) in [7, 11) is 0. The zero-order valence-corrected chi connectivity index (χ0v) is 16.8. The van der Waals surface area contributed by atoms with Crippen molar-refractivity contribution in [2.45, 2.75) is 0 Å². The third-order valence-corrected chi connectivity index (χ3v) is 6.79. The molecule has 0 spiro atoms. The van der Waals surface area contributed by atoms with E-state index < -0.39 is 0 Å². The van der Waals surface area contributed by atoms with Crippen molar-refractivity contribution in [1.29, 1.82) is 0 Å². The number of nitrogens with one attached hydrogen (secondary N) is 1. The van der Waals surface area contributed by atoms with Crippen molar-refractivity contribution < 1.29 is 0 Å². The van der Waals surface area contributed by atoms with Crippen LogP contribution in [-0.2, 0) is 0 Å². The highest BCUT2D eigenvalue weighted by Crippen LogP contribution is 2.38. The molecule has 4 heterocycles. The van der Waals surface area contributed by atoms with Crippen LogP contribution in [0.15, 0.2) is 78.0 Å². The average molecular weight is 411 g/mol. The van der Waals surface area contributed by atoms with Gasteiger partial charge in [-0.2, -0.15) is 0 Å². The average Bonchev–Trinajstić information content (AvgIpc) is 3.39. The van der Waals surface area contributed by atoms with Crippen LogP contribution in [0.1, 0.15) is 0 Å². The van der Waals surface area contributed by atoms with E-state index in [1.54, 1.807) is 22.7 Å². The first-order valence-corrected chi connectivity index (χ1v) is 10.9. The first-order chi connectivity index (χ1) is 14.3. The van der Waals surface area contributed by atoms with E-state index in [1.165, 1.54) is 25.9 Å². The number of hydrogen-bond acceptors (Lipinski definition) is 6. The van der Waals surface area contributed by atoms with Crippen molar-refractivity contribution in [2.75, 3.05) is 5.32 Å². The Morgan fingerprint density at radius 1 is 0.724 bits per heavy atom. The predicted octanol–water partition coefficient (Wildman–Crippen LogP) is 6.86. The van der Waals surface area contributed by atoms with Gasteiger partial charge < -0.3 is 5.32 Å². The van der Waals surface area contributed by atoms with E-state index in [4.69, 9.17) is 0 Å². The molecule has 0 unspecified atom stereocenters. The molecule has 29 heavy (non-hydrogen) atoms. The molecule has 0 saturated carbocycles. The number of aromatic nitrogens is 3. The van der Waals surface area contributed by atoms with Crippen LogP contribution in [-0.4, -0.2) is 15.0 Å². The standard InChI is InChI=1S/C23H14N4S2/c1-2-22-21(26-13-29-22)9-15(1)27-19-5-8-25-20-10-16-18(14-3-6-24-7-4-14)12-28-23(16)11-17(19)20/h1-13H,(H,25,27). The third-order valence-electron chi connectivity index (χ3n) is 5.04. The minimum atomic E-state index is 0.978. The summed E-state index contributed by atoms with van der Waals surface area (Å²) in [6.07, 6.45) is 5.52. The van der Waals surface area contributed by atoms with Crippen molar-refractivity contribution in [3.05, 3.63) is 78.0 Å². The fraction of sp³-hybridized carbons (Fsp3) is 0. The van der Waals surface area contributed by atoms with Crippen LogP contribution in [0.2, 0.25) is 0 Å². The monoisotopic (exact) mass is 410 g/mol. The second-order valence-electron chi connectivity index (χ2n) is 6.77. The molecule has 4 aromatic heterocycles. The largest absolute Gasteiger partial charge is 0.355 e. The molecular weight excluding hydrogens is 396 g/mol. The lowest BCUT2D eigenvalue weighted by Crippen LogP contribution is -1.92. The van der Waals surface area contributed by atoms with Gasteiger partial charge >= 0.3 is 0 Å². The summed E-state index contributed by atoms with van der Waals surface area (Å²) in [5.74, 6) is 0. The normalized spacial score (nSPS) is 11.4. The van der Waals surface area contributed by atoms with Gasteiger partial charge in [-0.05, 0) is 59.5 Å². The molecule has 0 bridgehead atoms. The Kier molecular flexibility index (Phi) is 3.78. The summed E-state index contributed by atoms with van der Waals surface area (Å²) < 4.78 is 2.44. The molecule has 0 fully saturated rings. The smallest absolute Gasteiger partial charge is 0.0832 e. The number of thiazole rings is 1. The van der Waals surface area contributed by atoms with Gasteiger partial charge in [0, 0.05) is 51.0 Å². The number of nitrogens with zero attached hydrogens (tertiary/aromatic N) is 3. The first-order valence-electron chi connectivity index (χ1n) is 9.16. The summed E-state index contributed by atoms with van der Waals surface area (Å²) in [6, 6.07) is 16.8. The van der Waals surface area contributed by atoms with Gasteiger partial charge in [-0.1, -0.05) is 0 Å². The molecule has 0 aliphatic carbocycles. The van der Waals surface area contributed by atoms with Crippen molar-refractivity contribution in [3.63, 3.8) is 0 Å². The summed E-state index contributed by atoms with van der Waals surface area (Å²) in [6.45, 7) is 0. The molecule has 6 rings (SSSR count). The number of benzene rings is 2. The maximum Gasteiger partial charge on any atom is 0.0832 e. The summed E-state index contributed by atoms with van der Waals surface area (Å²) >= 11 is 3.41. The second kappa shape index (κ2) is 6.62. The Labute approximate surface area is 174 Å². The molecular formula is C23H14N4S2. The minimum Gasteiger partial charge on any atom is -0.355 e. The number of rotatable bonds is 3. The lowest BCUT2D eigenvalue weighted by atomic mass is 10.0. The van der Waals surface area contributed by atoms with Gasteiger partial charge in [0.1, 0.15) is 0 Å². The highest BCUT2D eigenvalue weighted by molar-refractivity contribution is 7.18. The summed E-state index contributed by atoms with van der Waals surface area (Å²) in [5.41, 5.74) is 8.35. The molecule has 6 aromatic rings. The number of hydrogen-bond donors (Lipinski definition) is 1. The molecule has 138 valence electrons. The molecule has 0 aliphatic heterocycles. The molecule has 4 nitrogen and oxygen atoms in total. The Morgan fingerprint density at radius 2 is 1.66 bits per heavy atom. The maximum atomic E-state index is 4.63. The zero-order chi connectivity index (χ0) is 19.2. The molecule has 2 aromatic carbocycles. The van der Waals surface area contributed by atoms with Crippen LogP contribution in [0.4, 0.5) is 11.4 Å². The topological polar surface area (TPSA) is 50.7 Å². The van der Waals surface area contributed by atoms with Gasteiger partial charge in [0.15, 0.2) is 0 Å². The highest BCUT2D eigenvalue weighted by Gasteiger charge is 2.11. The van der Waals surface area contributed by atoms with Crippen LogP contribution < -0.4 is 5.32 Å². The van der Waals surface area contributed by atoms with Crippen molar-refractivity contribution in [1.82, 2.24) is 15.0 Å². The van der Waals surface area contributed by atoms with Gasteiger partial charge in [0.2, 0.25) is 0 Å². The van der Waals surface area contributed by atoms with Gasteiger partial charge in [-0.3, -0.25) is 9.97 Å². The Balaban J connectivity index is 1.48. The molecule has 0 saturated heterocycles. The van der Waals surface area contributed by atoms with E-state index in [-0.39, 0.29) is 0 Å². The Bertz CT molecular complexity index is 1480. The Morgan fingerprint density at radius 3 is 2.59 bits per heavy atom. The van der Waals surface area contributed by atoms with Crippen LogP contribution >= 0.6 is 22.7 Å². The minimum absolute atomic E-state index is 0.978. The quantitative estimate of drug-likeness (QED) is 0.346. The lowest BCUT2D eigenvalue weighted by Gasteiger charge is -2.10. The lowest BCUT2D eigenvalue weighted by molar-refractivity contribution is 1.33. The Hall–Kier alpha value is -3.35. The molecule has 0 atom stereocenters. The van der Waals surface area contributed by atoms with Crippen LogP contribution in [0.25, 0.3) is 42.3 Å². The molecule has 1 N–H and O–H groups in total. The van der Waals surface area contributed by atoms with Crippen LogP contribution in [0.3, 0.4) is 0 Å². The third kappa shape index (κ3) is 2.85. The first kappa shape index (κ1) is 16.6. The fourth-order valence-corrected chi connectivity index (χ4v) is 5.27. The van der Waals surface area contributed by atoms with Gasteiger partial charge in [-0.15, -0.1) is 22.7 Å². The van der Waals surface area contributed by atoms with Crippen molar-refractivity contribution in [3.8, 4) is 11.1 Å². The van der Waals surface area contributed by atoms with E-state index in [9.17, 15) is 0 Å². The number of anilines is 2. The van der Waals surface area contributed by atoms with Crippen molar-refractivity contribution in [2.24, 2.45) is 0 Å². The van der Waals surface area contributed by atoms with Gasteiger partial charge in [-0.25, -0.2) is 4.98 Å². The molecule has 6 heteroatoms. The van der Waals surface area contributed by atoms with E-state index in [1.807, 2.05) is 42.3 Å². The van der Waals surface area contributed by atoms with E-state index in [2.05, 4.69) is 56.0 Å². The molecule has 0 aliphatic rings. The molecule has 0 amide bonds. The van der Waals surface area contributed by atoms with E-state index in [0.29, 0.717) is 0 Å². The highest BCUT2D eigenvalue weighted by atomic mass is 32.1. The van der Waals surface area contributed by atoms with E-state index >= 15 is 0 Å². The fourth-order valence-electron chi connectivity index (χ4n) is 3.62. The SMILES string of the molecule is c1cc(-c2csc3cc4c(Nc5ccc6scnc6c5)ccnc4cc23)ccn1. The van der Waals surface area contributed by atoms with Crippen LogP contribution in [0.5, 0.6) is 0 Å². The number of fused-ring (bicyclic) bond motifs is 3. The van der Waals surface area contributed by atoms with Crippen LogP contribution in [0, 0.1) is 0 Å². The predicted molar refractivity (Wildman–Crippen MR) is 123 cm³/mol. The van der Waals surface area contributed by atoms with Crippen molar-refractivity contribution >= 4 is 65.3 Å².